The summed E-state index contributed by atoms with van der Waals surface area (Å²) >= 11 is 0. The molecule has 2 heterocycles. The van der Waals surface area contributed by atoms with Gasteiger partial charge in [0.1, 0.15) is 0 Å². The first-order chi connectivity index (χ1) is 8.33. The fourth-order valence-corrected chi connectivity index (χ4v) is 2.18. The lowest BCUT2D eigenvalue weighted by molar-refractivity contribution is 0.219. The molecule has 1 aliphatic rings. The summed E-state index contributed by atoms with van der Waals surface area (Å²) in [5.74, 6) is 0. The van der Waals surface area contributed by atoms with E-state index in [0.717, 1.165) is 32.4 Å². The molecular formula is C13H21N3O. The molecule has 0 saturated heterocycles. The van der Waals surface area contributed by atoms with Crippen LogP contribution >= 0.6 is 0 Å². The molecular weight excluding hydrogens is 214 g/mol. The summed E-state index contributed by atoms with van der Waals surface area (Å²) in [4.78, 5) is 0. The van der Waals surface area contributed by atoms with Gasteiger partial charge < -0.3 is 10.1 Å². The highest BCUT2D eigenvalue weighted by atomic mass is 16.5. The maximum Gasteiger partial charge on any atom is 0.0876 e. The second-order valence-electron chi connectivity index (χ2n) is 4.43. The summed E-state index contributed by atoms with van der Waals surface area (Å²) < 4.78 is 7.38. The first kappa shape index (κ1) is 12.2. The van der Waals surface area contributed by atoms with E-state index in [4.69, 9.17) is 4.74 Å². The van der Waals surface area contributed by atoms with E-state index in [1.54, 1.807) is 0 Å². The molecule has 94 valence electrons. The van der Waals surface area contributed by atoms with Gasteiger partial charge in [0.05, 0.1) is 24.6 Å². The third-order valence-electron chi connectivity index (χ3n) is 3.09. The van der Waals surface area contributed by atoms with Gasteiger partial charge in [0.15, 0.2) is 0 Å². The van der Waals surface area contributed by atoms with Crippen LogP contribution < -0.4 is 5.32 Å². The van der Waals surface area contributed by atoms with Crippen molar-refractivity contribution in [3.8, 4) is 0 Å². The number of hydrogen-bond donors (Lipinski definition) is 1. The molecule has 0 aliphatic carbocycles. The maximum absolute atomic E-state index is 5.45. The van der Waals surface area contributed by atoms with Gasteiger partial charge in [-0.1, -0.05) is 6.92 Å². The van der Waals surface area contributed by atoms with Gasteiger partial charge in [-0.2, -0.15) is 5.10 Å². The van der Waals surface area contributed by atoms with Crippen molar-refractivity contribution in [1.82, 2.24) is 15.1 Å². The van der Waals surface area contributed by atoms with Gasteiger partial charge in [-0.3, -0.25) is 4.68 Å². The second kappa shape index (κ2) is 5.87. The van der Waals surface area contributed by atoms with Crippen molar-refractivity contribution in [2.45, 2.75) is 32.2 Å². The number of nitrogens with one attached hydrogen (secondary N) is 1. The van der Waals surface area contributed by atoms with E-state index < -0.39 is 0 Å². The van der Waals surface area contributed by atoms with E-state index in [2.05, 4.69) is 23.4 Å². The van der Waals surface area contributed by atoms with Crippen molar-refractivity contribution in [2.75, 3.05) is 13.2 Å². The molecule has 0 saturated carbocycles. The molecule has 0 fully saturated rings. The molecule has 1 N–H and O–H groups in total. The normalized spacial score (nSPS) is 17.4. The summed E-state index contributed by atoms with van der Waals surface area (Å²) in [6.07, 6.45) is 7.10. The number of hydrogen-bond acceptors (Lipinski definition) is 3. The molecule has 1 atom stereocenters. The van der Waals surface area contributed by atoms with E-state index >= 15 is 0 Å². The third-order valence-corrected chi connectivity index (χ3v) is 3.09. The Labute approximate surface area is 103 Å². The van der Waals surface area contributed by atoms with Crippen LogP contribution in [-0.2, 0) is 11.8 Å². The van der Waals surface area contributed by atoms with Gasteiger partial charge in [0.25, 0.3) is 0 Å². The lowest BCUT2D eigenvalue weighted by atomic mass is 9.99. The highest BCUT2D eigenvalue weighted by molar-refractivity contribution is 5.21. The first-order valence-electron chi connectivity index (χ1n) is 6.34. The third kappa shape index (κ3) is 2.88. The van der Waals surface area contributed by atoms with Crippen molar-refractivity contribution in [2.24, 2.45) is 7.05 Å². The van der Waals surface area contributed by atoms with E-state index in [1.165, 1.54) is 11.3 Å². The van der Waals surface area contributed by atoms with Gasteiger partial charge in [-0.15, -0.1) is 0 Å². The quantitative estimate of drug-likeness (QED) is 0.850. The van der Waals surface area contributed by atoms with E-state index in [9.17, 15) is 0 Å². The summed E-state index contributed by atoms with van der Waals surface area (Å²) in [6.45, 7) is 4.03. The zero-order valence-corrected chi connectivity index (χ0v) is 10.6. The van der Waals surface area contributed by atoms with Crippen molar-refractivity contribution >= 4 is 0 Å². The Morgan fingerprint density at radius 3 is 3.06 bits per heavy atom. The Hall–Kier alpha value is -1.29. The van der Waals surface area contributed by atoms with Crippen LogP contribution in [0.1, 0.15) is 37.9 Å². The highest BCUT2D eigenvalue weighted by Crippen LogP contribution is 2.27. The predicted octanol–water partition coefficient (Wildman–Crippen LogP) is 2.16. The number of aromatic nitrogens is 2. The van der Waals surface area contributed by atoms with Crippen LogP contribution in [0.15, 0.2) is 24.1 Å². The average Bonchev–Trinajstić information content (AvgIpc) is 2.78. The molecule has 0 aromatic carbocycles. The zero-order chi connectivity index (χ0) is 12.1. The number of ether oxygens (including phenoxy) is 1. The SMILES string of the molecule is CCCNC(C1=COCCC1)c1ccnn1C. The van der Waals surface area contributed by atoms with Crippen LogP contribution in [0.2, 0.25) is 0 Å². The molecule has 1 aliphatic heterocycles. The van der Waals surface area contributed by atoms with Crippen LogP contribution in [0.25, 0.3) is 0 Å². The molecule has 2 rings (SSSR count). The minimum absolute atomic E-state index is 0.239. The molecule has 0 radical (unpaired) electrons. The number of aryl methyl sites for hydroxylation is 1. The summed E-state index contributed by atoms with van der Waals surface area (Å²) in [7, 11) is 1.99. The largest absolute Gasteiger partial charge is 0.501 e. The van der Waals surface area contributed by atoms with E-state index in [1.807, 2.05) is 24.2 Å². The van der Waals surface area contributed by atoms with Crippen LogP contribution in [0.4, 0.5) is 0 Å². The first-order valence-corrected chi connectivity index (χ1v) is 6.34. The maximum atomic E-state index is 5.45. The minimum atomic E-state index is 0.239. The lowest BCUT2D eigenvalue weighted by Crippen LogP contribution is -2.27. The van der Waals surface area contributed by atoms with Crippen molar-refractivity contribution in [3.05, 3.63) is 29.8 Å². The highest BCUT2D eigenvalue weighted by Gasteiger charge is 2.20. The number of nitrogens with zero attached hydrogens (tertiary/aromatic N) is 2. The molecule has 17 heavy (non-hydrogen) atoms. The van der Waals surface area contributed by atoms with Gasteiger partial charge in [0.2, 0.25) is 0 Å². The second-order valence-corrected chi connectivity index (χ2v) is 4.43. The summed E-state index contributed by atoms with van der Waals surface area (Å²) in [6, 6.07) is 2.31. The fourth-order valence-electron chi connectivity index (χ4n) is 2.18. The topological polar surface area (TPSA) is 39.1 Å². The molecule has 1 aromatic rings. The molecule has 1 aromatic heterocycles. The Kier molecular flexibility index (Phi) is 4.20. The van der Waals surface area contributed by atoms with Crippen LogP contribution in [0.3, 0.4) is 0 Å². The van der Waals surface area contributed by atoms with Gasteiger partial charge in [-0.05, 0) is 37.4 Å². The minimum Gasteiger partial charge on any atom is -0.501 e. The molecule has 1 unspecified atom stereocenters. The summed E-state index contributed by atoms with van der Waals surface area (Å²) in [5.41, 5.74) is 2.53. The molecule has 0 bridgehead atoms. The van der Waals surface area contributed by atoms with Gasteiger partial charge >= 0.3 is 0 Å². The van der Waals surface area contributed by atoms with Gasteiger partial charge in [-0.25, -0.2) is 0 Å². The Bertz CT molecular complexity index is 384. The standard InChI is InChI=1S/C13H21N3O/c1-3-7-14-13(11-5-4-9-17-10-11)12-6-8-15-16(12)2/h6,8,10,13-14H,3-5,7,9H2,1-2H3. The Morgan fingerprint density at radius 2 is 2.47 bits per heavy atom. The van der Waals surface area contributed by atoms with Crippen LogP contribution in [0.5, 0.6) is 0 Å². The monoisotopic (exact) mass is 235 g/mol. The van der Waals surface area contributed by atoms with Gasteiger partial charge in [0, 0.05) is 13.2 Å². The van der Waals surface area contributed by atoms with E-state index in [-0.39, 0.29) is 6.04 Å². The smallest absolute Gasteiger partial charge is 0.0876 e. The van der Waals surface area contributed by atoms with Crippen molar-refractivity contribution in [3.63, 3.8) is 0 Å². The lowest BCUT2D eigenvalue weighted by Gasteiger charge is -2.24. The molecule has 0 spiro atoms. The fraction of sp³-hybridized carbons (Fsp3) is 0.615. The molecule has 0 amide bonds. The van der Waals surface area contributed by atoms with Crippen LogP contribution in [-0.4, -0.2) is 22.9 Å². The molecule has 4 heteroatoms. The number of rotatable bonds is 5. The molecule has 4 nitrogen and oxygen atoms in total. The van der Waals surface area contributed by atoms with Crippen molar-refractivity contribution < 1.29 is 4.74 Å². The Morgan fingerprint density at radius 1 is 1.59 bits per heavy atom. The zero-order valence-electron chi connectivity index (χ0n) is 10.6. The average molecular weight is 235 g/mol. The van der Waals surface area contributed by atoms with Crippen molar-refractivity contribution in [1.29, 1.82) is 0 Å². The predicted molar refractivity (Wildman–Crippen MR) is 67.5 cm³/mol. The Balaban J connectivity index is 2.18. The van der Waals surface area contributed by atoms with Crippen LogP contribution in [0, 0.1) is 0 Å². The summed E-state index contributed by atoms with van der Waals surface area (Å²) in [5, 5.41) is 7.82. The van der Waals surface area contributed by atoms with E-state index in [0.29, 0.717) is 0 Å².